The van der Waals surface area contributed by atoms with E-state index in [0.29, 0.717) is 11.0 Å². The molecular formula is C23H20FN3OS. The fourth-order valence-electron chi connectivity index (χ4n) is 3.22. The van der Waals surface area contributed by atoms with Crippen molar-refractivity contribution in [3.05, 3.63) is 89.5 Å². The van der Waals surface area contributed by atoms with E-state index in [1.54, 1.807) is 24.5 Å². The molecule has 0 spiro atoms. The summed E-state index contributed by atoms with van der Waals surface area (Å²) in [6.45, 7) is 4.50. The summed E-state index contributed by atoms with van der Waals surface area (Å²) >= 11 is 1.44. The molecule has 0 saturated carbocycles. The highest BCUT2D eigenvalue weighted by atomic mass is 32.1. The number of amides is 1. The molecule has 0 saturated heterocycles. The molecule has 0 aliphatic carbocycles. The number of hydrogen-bond acceptors (Lipinski definition) is 4. The van der Waals surface area contributed by atoms with Crippen LogP contribution in [0.5, 0.6) is 0 Å². The van der Waals surface area contributed by atoms with E-state index < -0.39 is 11.7 Å². The zero-order valence-electron chi connectivity index (χ0n) is 16.2. The maximum absolute atomic E-state index is 14.4. The molecule has 4 aromatic rings. The Hall–Kier alpha value is -3.12. The molecule has 0 radical (unpaired) electrons. The largest absolute Gasteiger partial charge is 0.279 e. The third-order valence-electron chi connectivity index (χ3n) is 4.70. The molecule has 0 fully saturated rings. The minimum absolute atomic E-state index is 0.0275. The summed E-state index contributed by atoms with van der Waals surface area (Å²) in [4.78, 5) is 23.7. The van der Waals surface area contributed by atoms with Gasteiger partial charge < -0.3 is 0 Å². The number of para-hydroxylation sites is 1. The quantitative estimate of drug-likeness (QED) is 0.421. The molecule has 0 unspecified atom stereocenters. The fraction of sp³-hybridized carbons (Fsp3) is 0.174. The van der Waals surface area contributed by atoms with Gasteiger partial charge in [0.25, 0.3) is 5.91 Å². The highest BCUT2D eigenvalue weighted by molar-refractivity contribution is 7.22. The number of anilines is 1. The van der Waals surface area contributed by atoms with Crippen LogP contribution < -0.4 is 4.90 Å². The molecular weight excluding hydrogens is 385 g/mol. The molecule has 2 aromatic carbocycles. The van der Waals surface area contributed by atoms with Crippen LogP contribution in [0.3, 0.4) is 0 Å². The van der Waals surface area contributed by atoms with Crippen molar-refractivity contribution >= 4 is 32.6 Å². The number of benzene rings is 2. The maximum atomic E-state index is 14.4. The summed E-state index contributed by atoms with van der Waals surface area (Å²) in [6.07, 6.45) is 3.38. The number of halogens is 1. The number of hydrogen-bond donors (Lipinski definition) is 0. The molecule has 0 aliphatic rings. The first-order valence-electron chi connectivity index (χ1n) is 9.39. The van der Waals surface area contributed by atoms with Gasteiger partial charge >= 0.3 is 0 Å². The molecule has 4 nitrogen and oxygen atoms in total. The number of nitrogens with zero attached hydrogens (tertiary/aromatic N) is 3. The Labute approximate surface area is 172 Å². The second kappa shape index (κ2) is 8.09. The predicted octanol–water partition coefficient (Wildman–Crippen LogP) is 5.80. The van der Waals surface area contributed by atoms with Crippen molar-refractivity contribution in [1.29, 1.82) is 0 Å². The summed E-state index contributed by atoms with van der Waals surface area (Å²) in [6, 6.07) is 15.8. The Morgan fingerprint density at radius 3 is 2.66 bits per heavy atom. The Bertz CT molecular complexity index is 1160. The van der Waals surface area contributed by atoms with E-state index >= 15 is 0 Å². The van der Waals surface area contributed by atoms with E-state index in [1.165, 1.54) is 28.4 Å². The minimum atomic E-state index is -0.544. The average molecular weight is 405 g/mol. The Kier molecular flexibility index (Phi) is 5.36. The van der Waals surface area contributed by atoms with Gasteiger partial charge in [-0.05, 0) is 41.3 Å². The van der Waals surface area contributed by atoms with Crippen LogP contribution in [0.4, 0.5) is 9.52 Å². The topological polar surface area (TPSA) is 46.1 Å². The van der Waals surface area contributed by atoms with Gasteiger partial charge in [0.1, 0.15) is 5.82 Å². The van der Waals surface area contributed by atoms with Gasteiger partial charge in [-0.3, -0.25) is 14.7 Å². The number of pyridine rings is 1. The first-order valence-corrected chi connectivity index (χ1v) is 10.2. The zero-order chi connectivity index (χ0) is 20.4. The standard InChI is InChI=1S/C23H20FN3OS/c1-15(2)17-9-5-11-20-21(17)26-23(29-20)27(14-16-7-6-12-25-13-16)22(28)18-8-3-4-10-19(18)24/h3-13,15H,14H2,1-2H3. The fourth-order valence-corrected chi connectivity index (χ4v) is 4.22. The van der Waals surface area contributed by atoms with E-state index in [9.17, 15) is 9.18 Å². The molecule has 2 aromatic heterocycles. The van der Waals surface area contributed by atoms with Gasteiger partial charge in [0.05, 0.1) is 22.3 Å². The lowest BCUT2D eigenvalue weighted by Crippen LogP contribution is -2.31. The lowest BCUT2D eigenvalue weighted by Gasteiger charge is -2.20. The van der Waals surface area contributed by atoms with E-state index in [1.807, 2.05) is 24.3 Å². The lowest BCUT2D eigenvalue weighted by atomic mass is 10.0. The Morgan fingerprint density at radius 2 is 1.93 bits per heavy atom. The normalized spacial score (nSPS) is 11.2. The van der Waals surface area contributed by atoms with Gasteiger partial charge in [0, 0.05) is 12.4 Å². The second-order valence-electron chi connectivity index (χ2n) is 7.08. The van der Waals surface area contributed by atoms with Crippen molar-refractivity contribution < 1.29 is 9.18 Å². The van der Waals surface area contributed by atoms with Crippen LogP contribution in [-0.4, -0.2) is 15.9 Å². The van der Waals surface area contributed by atoms with E-state index in [-0.39, 0.29) is 12.1 Å². The van der Waals surface area contributed by atoms with E-state index in [0.717, 1.165) is 21.3 Å². The van der Waals surface area contributed by atoms with Crippen molar-refractivity contribution in [3.63, 3.8) is 0 Å². The van der Waals surface area contributed by atoms with Crippen molar-refractivity contribution in [3.8, 4) is 0 Å². The summed E-state index contributed by atoms with van der Waals surface area (Å²) < 4.78 is 15.4. The number of carbonyl (C=O) groups is 1. The average Bonchev–Trinajstić information content (AvgIpc) is 3.16. The summed E-state index contributed by atoms with van der Waals surface area (Å²) in [5.41, 5.74) is 2.89. The summed E-state index contributed by atoms with van der Waals surface area (Å²) in [5, 5.41) is 0.546. The van der Waals surface area contributed by atoms with Crippen molar-refractivity contribution in [2.75, 3.05) is 4.90 Å². The highest BCUT2D eigenvalue weighted by Gasteiger charge is 2.24. The number of rotatable bonds is 5. The second-order valence-corrected chi connectivity index (χ2v) is 8.09. The number of aromatic nitrogens is 2. The lowest BCUT2D eigenvalue weighted by molar-refractivity contribution is 0.0981. The summed E-state index contributed by atoms with van der Waals surface area (Å²) in [5.74, 6) is -0.655. The van der Waals surface area contributed by atoms with E-state index in [2.05, 4.69) is 24.9 Å². The van der Waals surface area contributed by atoms with Crippen molar-refractivity contribution in [2.24, 2.45) is 0 Å². The number of fused-ring (bicyclic) bond motifs is 1. The number of carbonyl (C=O) groups excluding carboxylic acids is 1. The predicted molar refractivity (Wildman–Crippen MR) is 115 cm³/mol. The van der Waals surface area contributed by atoms with Gasteiger partial charge in [-0.2, -0.15) is 0 Å². The van der Waals surface area contributed by atoms with Crippen molar-refractivity contribution in [1.82, 2.24) is 9.97 Å². The molecule has 146 valence electrons. The minimum Gasteiger partial charge on any atom is -0.279 e. The smallest absolute Gasteiger partial charge is 0.263 e. The molecule has 0 bridgehead atoms. The SMILES string of the molecule is CC(C)c1cccc2sc(N(Cc3cccnc3)C(=O)c3ccccc3F)nc12. The summed E-state index contributed by atoms with van der Waals surface area (Å²) in [7, 11) is 0. The maximum Gasteiger partial charge on any atom is 0.263 e. The molecule has 29 heavy (non-hydrogen) atoms. The molecule has 0 atom stereocenters. The third kappa shape index (κ3) is 3.89. The van der Waals surface area contributed by atoms with Crippen molar-refractivity contribution in [2.45, 2.75) is 26.3 Å². The molecule has 2 heterocycles. The number of thiazole rings is 1. The third-order valence-corrected chi connectivity index (χ3v) is 5.75. The molecule has 0 aliphatic heterocycles. The Balaban J connectivity index is 1.82. The first-order chi connectivity index (χ1) is 14.0. The van der Waals surface area contributed by atoms with Crippen LogP contribution in [0.15, 0.2) is 67.0 Å². The van der Waals surface area contributed by atoms with Crippen LogP contribution in [0, 0.1) is 5.82 Å². The molecule has 0 N–H and O–H groups in total. The first kappa shape index (κ1) is 19.2. The van der Waals surface area contributed by atoms with Gasteiger partial charge in [-0.1, -0.05) is 55.5 Å². The molecule has 4 rings (SSSR count). The monoisotopic (exact) mass is 405 g/mol. The molecule has 1 amide bonds. The van der Waals surface area contributed by atoms with Gasteiger partial charge in [-0.15, -0.1) is 0 Å². The highest BCUT2D eigenvalue weighted by Crippen LogP contribution is 2.34. The van der Waals surface area contributed by atoms with Crippen LogP contribution in [0.2, 0.25) is 0 Å². The van der Waals surface area contributed by atoms with E-state index in [4.69, 9.17) is 4.98 Å². The van der Waals surface area contributed by atoms with Gasteiger partial charge in [0.2, 0.25) is 0 Å². The zero-order valence-corrected chi connectivity index (χ0v) is 17.0. The van der Waals surface area contributed by atoms with Crippen LogP contribution in [0.25, 0.3) is 10.2 Å². The van der Waals surface area contributed by atoms with Gasteiger partial charge in [0.15, 0.2) is 5.13 Å². The van der Waals surface area contributed by atoms with Crippen LogP contribution in [0.1, 0.15) is 41.3 Å². The van der Waals surface area contributed by atoms with Gasteiger partial charge in [-0.25, -0.2) is 9.37 Å². The Morgan fingerprint density at radius 1 is 1.10 bits per heavy atom. The van der Waals surface area contributed by atoms with Crippen LogP contribution in [-0.2, 0) is 6.54 Å². The van der Waals surface area contributed by atoms with Crippen LogP contribution >= 0.6 is 11.3 Å². The molecule has 6 heteroatoms.